The molecule has 114 valence electrons. The van der Waals surface area contributed by atoms with Crippen LogP contribution in [-0.4, -0.2) is 55.1 Å². The summed E-state index contributed by atoms with van der Waals surface area (Å²) >= 11 is 0. The van der Waals surface area contributed by atoms with Crippen molar-refractivity contribution in [3.63, 3.8) is 0 Å². The zero-order valence-electron chi connectivity index (χ0n) is 12.7. The Morgan fingerprint density at radius 2 is 1.80 bits per heavy atom. The van der Waals surface area contributed by atoms with Crippen molar-refractivity contribution >= 4 is 0 Å². The van der Waals surface area contributed by atoms with Gasteiger partial charge in [-0.25, -0.2) is 0 Å². The van der Waals surface area contributed by atoms with Crippen LogP contribution < -0.4 is 5.43 Å². The van der Waals surface area contributed by atoms with Gasteiger partial charge in [0.2, 0.25) is 5.43 Å². The third kappa shape index (κ3) is 4.33. The van der Waals surface area contributed by atoms with E-state index in [1.165, 1.54) is 6.07 Å². The molecule has 0 aromatic carbocycles. The highest BCUT2D eigenvalue weighted by Crippen LogP contribution is 2.15. The van der Waals surface area contributed by atoms with Crippen LogP contribution in [-0.2, 0) is 23.1 Å². The second-order valence-electron chi connectivity index (χ2n) is 4.77. The fourth-order valence-corrected chi connectivity index (χ4v) is 1.97. The Hall–Kier alpha value is -1.37. The maximum absolute atomic E-state index is 11.7. The summed E-state index contributed by atoms with van der Waals surface area (Å²) < 4.78 is 12.0. The predicted octanol–water partition coefficient (Wildman–Crippen LogP) is 0.494. The smallest absolute Gasteiger partial charge is 0.223 e. The van der Waals surface area contributed by atoms with E-state index < -0.39 is 0 Å². The normalized spacial score (nSPS) is 11.2. The Morgan fingerprint density at radius 1 is 1.25 bits per heavy atom. The van der Waals surface area contributed by atoms with Crippen LogP contribution in [0.5, 0.6) is 5.75 Å². The first-order chi connectivity index (χ1) is 9.51. The molecular weight excluding hydrogens is 260 g/mol. The van der Waals surface area contributed by atoms with Crippen molar-refractivity contribution in [3.05, 3.63) is 27.7 Å². The number of hydrogen-bond donors (Lipinski definition) is 1. The van der Waals surface area contributed by atoms with Crippen LogP contribution in [0.3, 0.4) is 0 Å². The summed E-state index contributed by atoms with van der Waals surface area (Å²) in [5.74, 6) is -0.182. The first kappa shape index (κ1) is 16.7. The van der Waals surface area contributed by atoms with Crippen molar-refractivity contribution in [1.29, 1.82) is 0 Å². The van der Waals surface area contributed by atoms with E-state index in [4.69, 9.17) is 9.47 Å². The zero-order chi connectivity index (χ0) is 15.1. The van der Waals surface area contributed by atoms with E-state index >= 15 is 0 Å². The highest BCUT2D eigenvalue weighted by atomic mass is 16.5. The van der Waals surface area contributed by atoms with Gasteiger partial charge in [-0.05, 0) is 6.92 Å². The van der Waals surface area contributed by atoms with E-state index in [0.29, 0.717) is 38.5 Å². The number of rotatable bonds is 8. The second kappa shape index (κ2) is 8.04. The van der Waals surface area contributed by atoms with Gasteiger partial charge in [-0.1, -0.05) is 0 Å². The van der Waals surface area contributed by atoms with Crippen LogP contribution >= 0.6 is 0 Å². The lowest BCUT2D eigenvalue weighted by Crippen LogP contribution is -2.32. The molecule has 0 bridgehead atoms. The molecule has 6 heteroatoms. The van der Waals surface area contributed by atoms with Crippen LogP contribution in [0.25, 0.3) is 0 Å². The fraction of sp³-hybridized carbons (Fsp3) is 0.643. The summed E-state index contributed by atoms with van der Waals surface area (Å²) in [7, 11) is 5.14. The van der Waals surface area contributed by atoms with Gasteiger partial charge in [0.05, 0.1) is 18.9 Å². The Bertz CT molecular complexity index is 477. The molecule has 0 spiro atoms. The van der Waals surface area contributed by atoms with Crippen LogP contribution in [0, 0.1) is 6.92 Å². The fourth-order valence-electron chi connectivity index (χ4n) is 1.97. The van der Waals surface area contributed by atoms with Crippen molar-refractivity contribution in [2.24, 2.45) is 7.05 Å². The van der Waals surface area contributed by atoms with Crippen molar-refractivity contribution < 1.29 is 14.6 Å². The van der Waals surface area contributed by atoms with E-state index in [2.05, 4.69) is 4.90 Å². The molecule has 6 nitrogen and oxygen atoms in total. The van der Waals surface area contributed by atoms with Gasteiger partial charge in [-0.2, -0.15) is 0 Å². The standard InChI is InChI=1S/C14H24N2O4/c1-11-9-13(17)14(18)12(15(11)2)10-16(5-7-19-3)6-8-20-4/h9,18H,5-8,10H2,1-4H3. The van der Waals surface area contributed by atoms with Gasteiger partial charge in [0.15, 0.2) is 5.75 Å². The average Bonchev–Trinajstić information content (AvgIpc) is 2.43. The summed E-state index contributed by atoms with van der Waals surface area (Å²) in [6.45, 7) is 4.92. The molecule has 1 heterocycles. The summed E-state index contributed by atoms with van der Waals surface area (Å²) in [6.07, 6.45) is 0. The molecule has 0 amide bonds. The quantitative estimate of drug-likeness (QED) is 0.753. The lowest BCUT2D eigenvalue weighted by molar-refractivity contribution is 0.108. The van der Waals surface area contributed by atoms with Crippen LogP contribution in [0.15, 0.2) is 10.9 Å². The SMILES string of the molecule is COCCN(CCOC)Cc1c(O)c(=O)cc(C)n1C. The monoisotopic (exact) mass is 284 g/mol. The van der Waals surface area contributed by atoms with E-state index in [0.717, 1.165) is 5.69 Å². The van der Waals surface area contributed by atoms with E-state index in [9.17, 15) is 9.90 Å². The lowest BCUT2D eigenvalue weighted by Gasteiger charge is -2.24. The first-order valence-electron chi connectivity index (χ1n) is 6.60. The molecule has 0 aliphatic carbocycles. The number of methoxy groups -OCH3 is 2. The van der Waals surface area contributed by atoms with Crippen LogP contribution in [0.4, 0.5) is 0 Å². The minimum Gasteiger partial charge on any atom is -0.503 e. The van der Waals surface area contributed by atoms with E-state index in [-0.39, 0.29) is 11.2 Å². The number of ether oxygens (including phenoxy) is 2. The highest BCUT2D eigenvalue weighted by molar-refractivity contribution is 5.29. The molecule has 1 aromatic heterocycles. The van der Waals surface area contributed by atoms with E-state index in [1.807, 2.05) is 18.5 Å². The first-order valence-corrected chi connectivity index (χ1v) is 6.60. The van der Waals surface area contributed by atoms with E-state index in [1.54, 1.807) is 14.2 Å². The van der Waals surface area contributed by atoms with Crippen molar-refractivity contribution in [3.8, 4) is 5.75 Å². The van der Waals surface area contributed by atoms with Gasteiger partial charge in [0.25, 0.3) is 0 Å². The molecule has 0 unspecified atom stereocenters. The summed E-state index contributed by atoms with van der Waals surface area (Å²) in [4.78, 5) is 13.8. The molecule has 0 saturated heterocycles. The number of nitrogens with zero attached hydrogens (tertiary/aromatic N) is 2. The predicted molar refractivity (Wildman–Crippen MR) is 77.1 cm³/mol. The molecule has 0 saturated carbocycles. The third-order valence-electron chi connectivity index (χ3n) is 3.38. The topological polar surface area (TPSA) is 63.9 Å². The minimum absolute atomic E-state index is 0.182. The largest absolute Gasteiger partial charge is 0.503 e. The number of aryl methyl sites for hydroxylation is 1. The molecule has 1 rings (SSSR count). The van der Waals surface area contributed by atoms with Gasteiger partial charge in [-0.3, -0.25) is 9.69 Å². The average molecular weight is 284 g/mol. The summed E-state index contributed by atoms with van der Waals surface area (Å²) in [6, 6.07) is 1.44. The minimum atomic E-state index is -0.339. The maximum Gasteiger partial charge on any atom is 0.223 e. The third-order valence-corrected chi connectivity index (χ3v) is 3.38. The Labute approximate surface area is 119 Å². The van der Waals surface area contributed by atoms with Gasteiger partial charge < -0.3 is 19.1 Å². The van der Waals surface area contributed by atoms with Crippen molar-refractivity contribution in [2.45, 2.75) is 13.5 Å². The lowest BCUT2D eigenvalue weighted by atomic mass is 10.2. The Kier molecular flexibility index (Phi) is 6.70. The molecule has 0 radical (unpaired) electrons. The zero-order valence-corrected chi connectivity index (χ0v) is 12.7. The molecule has 1 aromatic rings. The second-order valence-corrected chi connectivity index (χ2v) is 4.77. The highest BCUT2D eigenvalue weighted by Gasteiger charge is 2.14. The molecule has 0 fully saturated rings. The van der Waals surface area contributed by atoms with Gasteiger partial charge in [-0.15, -0.1) is 0 Å². The molecule has 1 N–H and O–H groups in total. The molecule has 20 heavy (non-hydrogen) atoms. The Balaban J connectivity index is 2.94. The van der Waals surface area contributed by atoms with Gasteiger partial charge >= 0.3 is 0 Å². The molecule has 0 atom stereocenters. The molecule has 0 aliphatic heterocycles. The Morgan fingerprint density at radius 3 is 2.30 bits per heavy atom. The number of pyridine rings is 1. The van der Waals surface area contributed by atoms with Crippen molar-refractivity contribution in [1.82, 2.24) is 9.47 Å². The summed E-state index contributed by atoms with van der Waals surface area (Å²) in [5.41, 5.74) is 1.09. The molecule has 0 aliphatic rings. The maximum atomic E-state index is 11.7. The van der Waals surface area contributed by atoms with Crippen molar-refractivity contribution in [2.75, 3.05) is 40.5 Å². The number of aromatic nitrogens is 1. The van der Waals surface area contributed by atoms with Crippen LogP contribution in [0.2, 0.25) is 0 Å². The van der Waals surface area contributed by atoms with Crippen LogP contribution in [0.1, 0.15) is 11.4 Å². The van der Waals surface area contributed by atoms with Gasteiger partial charge in [0.1, 0.15) is 0 Å². The summed E-state index contributed by atoms with van der Waals surface area (Å²) in [5, 5.41) is 9.98. The van der Waals surface area contributed by atoms with Gasteiger partial charge in [0, 0.05) is 52.7 Å². The number of aromatic hydroxyl groups is 1. The molecular formula is C14H24N2O4. The number of hydrogen-bond acceptors (Lipinski definition) is 5.